The maximum atomic E-state index is 5.22. The standard InChI is InChI=1S/C13H15N3O/c14-17-9-13(6-7-13)11-8-15-16-12(11)10-4-2-1-3-5-10/h1-5,8H,6-7,9,14H2,(H,15,16). The van der Waals surface area contributed by atoms with E-state index in [1.807, 2.05) is 24.4 Å². The fraction of sp³-hybridized carbons (Fsp3) is 0.308. The summed E-state index contributed by atoms with van der Waals surface area (Å²) in [4.78, 5) is 4.84. The fourth-order valence-corrected chi connectivity index (χ4v) is 2.31. The first-order chi connectivity index (χ1) is 8.36. The van der Waals surface area contributed by atoms with Gasteiger partial charge in [0.25, 0.3) is 0 Å². The second kappa shape index (κ2) is 3.98. The van der Waals surface area contributed by atoms with E-state index in [1.165, 1.54) is 5.56 Å². The molecule has 4 heteroatoms. The van der Waals surface area contributed by atoms with Crippen LogP contribution in [0.2, 0.25) is 0 Å². The van der Waals surface area contributed by atoms with Crippen LogP contribution < -0.4 is 5.90 Å². The van der Waals surface area contributed by atoms with Gasteiger partial charge < -0.3 is 4.84 Å². The van der Waals surface area contributed by atoms with Crippen molar-refractivity contribution in [2.75, 3.05) is 6.61 Å². The number of benzene rings is 1. The number of aromatic nitrogens is 2. The quantitative estimate of drug-likeness (QED) is 0.788. The molecule has 0 atom stereocenters. The minimum Gasteiger partial charge on any atom is -0.304 e. The molecule has 4 nitrogen and oxygen atoms in total. The first kappa shape index (κ1) is 10.5. The monoisotopic (exact) mass is 229 g/mol. The summed E-state index contributed by atoms with van der Waals surface area (Å²) < 4.78 is 0. The minimum atomic E-state index is 0.0763. The van der Waals surface area contributed by atoms with Gasteiger partial charge in [-0.05, 0) is 18.4 Å². The van der Waals surface area contributed by atoms with E-state index < -0.39 is 0 Å². The highest BCUT2D eigenvalue weighted by Crippen LogP contribution is 2.50. The zero-order valence-corrected chi connectivity index (χ0v) is 9.52. The third-order valence-corrected chi connectivity index (χ3v) is 3.49. The smallest absolute Gasteiger partial charge is 0.0777 e. The maximum Gasteiger partial charge on any atom is 0.0777 e. The molecule has 0 unspecified atom stereocenters. The molecule has 0 bridgehead atoms. The molecular formula is C13H15N3O. The molecule has 0 aliphatic heterocycles. The van der Waals surface area contributed by atoms with Gasteiger partial charge >= 0.3 is 0 Å². The third kappa shape index (κ3) is 1.75. The van der Waals surface area contributed by atoms with Crippen LogP contribution in [0.4, 0.5) is 0 Å². The Morgan fingerprint density at radius 3 is 2.71 bits per heavy atom. The number of H-pyrrole nitrogens is 1. The summed E-state index contributed by atoms with van der Waals surface area (Å²) in [5.74, 6) is 5.22. The molecular weight excluding hydrogens is 214 g/mol. The molecule has 3 N–H and O–H groups in total. The summed E-state index contributed by atoms with van der Waals surface area (Å²) in [6.07, 6.45) is 4.13. The molecule has 1 aromatic carbocycles. The molecule has 0 radical (unpaired) electrons. The lowest BCUT2D eigenvalue weighted by Crippen LogP contribution is -2.18. The predicted octanol–water partition coefficient (Wildman–Crippen LogP) is 2.00. The Morgan fingerprint density at radius 2 is 2.06 bits per heavy atom. The van der Waals surface area contributed by atoms with Crippen LogP contribution in [0.1, 0.15) is 18.4 Å². The molecule has 1 saturated carbocycles. The Kier molecular flexibility index (Phi) is 2.46. The van der Waals surface area contributed by atoms with E-state index in [1.54, 1.807) is 0 Å². The lowest BCUT2D eigenvalue weighted by Gasteiger charge is -2.13. The Bertz CT molecular complexity index is 502. The van der Waals surface area contributed by atoms with Gasteiger partial charge in [-0.3, -0.25) is 5.10 Å². The topological polar surface area (TPSA) is 63.9 Å². The normalized spacial score (nSPS) is 17.0. The molecule has 2 aromatic rings. The van der Waals surface area contributed by atoms with Crippen molar-refractivity contribution in [1.82, 2.24) is 10.2 Å². The summed E-state index contributed by atoms with van der Waals surface area (Å²) in [5.41, 5.74) is 3.53. The molecule has 1 aliphatic carbocycles. The lowest BCUT2D eigenvalue weighted by atomic mass is 9.94. The highest BCUT2D eigenvalue weighted by atomic mass is 16.6. The van der Waals surface area contributed by atoms with Crippen LogP contribution in [0.15, 0.2) is 36.5 Å². The number of aromatic amines is 1. The van der Waals surface area contributed by atoms with E-state index >= 15 is 0 Å². The van der Waals surface area contributed by atoms with Gasteiger partial charge in [-0.1, -0.05) is 30.3 Å². The zero-order valence-electron chi connectivity index (χ0n) is 9.52. The van der Waals surface area contributed by atoms with Crippen LogP contribution in [0.3, 0.4) is 0 Å². The van der Waals surface area contributed by atoms with Crippen molar-refractivity contribution < 1.29 is 4.84 Å². The molecule has 1 aromatic heterocycles. The summed E-state index contributed by atoms with van der Waals surface area (Å²) in [6, 6.07) is 10.2. The SMILES string of the molecule is NOCC1(c2cn[nH]c2-c2ccccc2)CC1. The molecule has 1 aliphatic rings. The van der Waals surface area contributed by atoms with Crippen molar-refractivity contribution in [3.05, 3.63) is 42.1 Å². The average Bonchev–Trinajstić information content (AvgIpc) is 2.98. The van der Waals surface area contributed by atoms with E-state index in [9.17, 15) is 0 Å². The average molecular weight is 229 g/mol. The Labute approximate surface area is 99.7 Å². The van der Waals surface area contributed by atoms with Crippen molar-refractivity contribution in [1.29, 1.82) is 0 Å². The second-order valence-electron chi connectivity index (χ2n) is 4.62. The number of hydrogen-bond donors (Lipinski definition) is 2. The lowest BCUT2D eigenvalue weighted by molar-refractivity contribution is 0.116. The van der Waals surface area contributed by atoms with Crippen molar-refractivity contribution in [2.24, 2.45) is 5.90 Å². The Morgan fingerprint density at radius 1 is 1.29 bits per heavy atom. The molecule has 17 heavy (non-hydrogen) atoms. The number of nitrogens with zero attached hydrogens (tertiary/aromatic N) is 1. The molecule has 1 fully saturated rings. The predicted molar refractivity (Wildman–Crippen MR) is 65.1 cm³/mol. The van der Waals surface area contributed by atoms with E-state index in [0.29, 0.717) is 6.61 Å². The van der Waals surface area contributed by atoms with Gasteiger partial charge in [-0.15, -0.1) is 0 Å². The number of hydrogen-bond acceptors (Lipinski definition) is 3. The van der Waals surface area contributed by atoms with Crippen LogP contribution in [0, 0.1) is 0 Å². The minimum absolute atomic E-state index is 0.0763. The molecule has 1 heterocycles. The molecule has 0 amide bonds. The summed E-state index contributed by atoms with van der Waals surface area (Å²) in [6.45, 7) is 0.562. The largest absolute Gasteiger partial charge is 0.304 e. The van der Waals surface area contributed by atoms with Crippen molar-refractivity contribution >= 4 is 0 Å². The van der Waals surface area contributed by atoms with Crippen LogP contribution in [-0.4, -0.2) is 16.8 Å². The van der Waals surface area contributed by atoms with Crippen molar-refractivity contribution in [3.8, 4) is 11.3 Å². The second-order valence-corrected chi connectivity index (χ2v) is 4.62. The first-order valence-corrected chi connectivity index (χ1v) is 5.77. The Hall–Kier alpha value is -1.65. The van der Waals surface area contributed by atoms with Gasteiger partial charge in [0.15, 0.2) is 0 Å². The summed E-state index contributed by atoms with van der Waals surface area (Å²) >= 11 is 0. The Balaban J connectivity index is 2.01. The van der Waals surface area contributed by atoms with Crippen LogP contribution in [-0.2, 0) is 10.3 Å². The summed E-state index contributed by atoms with van der Waals surface area (Å²) in [5, 5.41) is 7.25. The van der Waals surface area contributed by atoms with Crippen LogP contribution >= 0.6 is 0 Å². The molecule has 88 valence electrons. The fourth-order valence-electron chi connectivity index (χ4n) is 2.31. The number of nitrogens with one attached hydrogen (secondary N) is 1. The van der Waals surface area contributed by atoms with E-state index in [2.05, 4.69) is 22.3 Å². The molecule has 3 rings (SSSR count). The first-order valence-electron chi connectivity index (χ1n) is 5.77. The van der Waals surface area contributed by atoms with E-state index in [-0.39, 0.29) is 5.41 Å². The highest BCUT2D eigenvalue weighted by Gasteiger charge is 2.47. The van der Waals surface area contributed by atoms with E-state index in [0.717, 1.165) is 24.1 Å². The third-order valence-electron chi connectivity index (χ3n) is 3.49. The summed E-state index contributed by atoms with van der Waals surface area (Å²) in [7, 11) is 0. The zero-order chi connectivity index (χ0) is 11.7. The molecule has 0 saturated heterocycles. The van der Waals surface area contributed by atoms with Gasteiger partial charge in [-0.25, -0.2) is 5.90 Å². The van der Waals surface area contributed by atoms with E-state index in [4.69, 9.17) is 10.7 Å². The number of nitrogens with two attached hydrogens (primary N) is 1. The van der Waals surface area contributed by atoms with Gasteiger partial charge in [0.1, 0.15) is 0 Å². The van der Waals surface area contributed by atoms with Gasteiger partial charge in [0, 0.05) is 11.0 Å². The molecule has 0 spiro atoms. The maximum absolute atomic E-state index is 5.22. The number of rotatable bonds is 4. The van der Waals surface area contributed by atoms with Gasteiger partial charge in [0.2, 0.25) is 0 Å². The highest BCUT2D eigenvalue weighted by molar-refractivity contribution is 5.65. The van der Waals surface area contributed by atoms with Crippen LogP contribution in [0.25, 0.3) is 11.3 Å². The van der Waals surface area contributed by atoms with Gasteiger partial charge in [-0.2, -0.15) is 5.10 Å². The van der Waals surface area contributed by atoms with Crippen molar-refractivity contribution in [2.45, 2.75) is 18.3 Å². The van der Waals surface area contributed by atoms with Crippen molar-refractivity contribution in [3.63, 3.8) is 0 Å². The van der Waals surface area contributed by atoms with Crippen LogP contribution in [0.5, 0.6) is 0 Å². The van der Waals surface area contributed by atoms with Gasteiger partial charge in [0.05, 0.1) is 18.5 Å².